The number of benzene rings is 2. The van der Waals surface area contributed by atoms with Crippen LogP contribution < -0.4 is 9.47 Å². The van der Waals surface area contributed by atoms with Crippen LogP contribution in [0.3, 0.4) is 0 Å². The lowest BCUT2D eigenvalue weighted by molar-refractivity contribution is -0.384. The van der Waals surface area contributed by atoms with E-state index in [4.69, 9.17) is 9.47 Å². The van der Waals surface area contributed by atoms with Crippen LogP contribution in [0.5, 0.6) is 11.5 Å². The number of hydrogen-bond donors (Lipinski definition) is 0. The van der Waals surface area contributed by atoms with Gasteiger partial charge in [-0.1, -0.05) is 13.3 Å². The Bertz CT molecular complexity index is 752. The minimum absolute atomic E-state index is 0.0889. The summed E-state index contributed by atoms with van der Waals surface area (Å²) < 4.78 is 10.3. The van der Waals surface area contributed by atoms with E-state index in [0.717, 1.165) is 12.8 Å². The van der Waals surface area contributed by atoms with Crippen LogP contribution in [0.1, 0.15) is 36.5 Å². The van der Waals surface area contributed by atoms with Crippen molar-refractivity contribution in [3.8, 4) is 11.5 Å². The summed E-state index contributed by atoms with van der Waals surface area (Å²) in [5.74, 6) is -0.376. The van der Waals surface area contributed by atoms with E-state index in [1.54, 1.807) is 0 Å². The van der Waals surface area contributed by atoms with Gasteiger partial charge in [0, 0.05) is 18.6 Å². The van der Waals surface area contributed by atoms with Crippen LogP contribution in [0, 0.1) is 10.1 Å². The second-order valence-corrected chi connectivity index (χ2v) is 5.24. The number of ether oxygens (including phenoxy) is 2. The van der Waals surface area contributed by atoms with E-state index in [1.165, 1.54) is 48.5 Å². The number of rotatable bonds is 7. The number of hydrogen-bond acceptors (Lipinski definition) is 6. The van der Waals surface area contributed by atoms with E-state index in [-0.39, 0.29) is 23.0 Å². The molecule has 2 aromatic carbocycles. The monoisotopic (exact) mass is 343 g/mol. The summed E-state index contributed by atoms with van der Waals surface area (Å²) in [6.07, 6.45) is 2.02. The third-order valence-electron chi connectivity index (χ3n) is 3.31. The normalized spacial score (nSPS) is 10.1. The zero-order valence-corrected chi connectivity index (χ0v) is 13.6. The molecule has 0 aromatic heterocycles. The highest BCUT2D eigenvalue weighted by atomic mass is 16.6. The lowest BCUT2D eigenvalue weighted by atomic mass is 10.2. The molecule has 0 fully saturated rings. The van der Waals surface area contributed by atoms with Crippen LogP contribution in [0.25, 0.3) is 0 Å². The van der Waals surface area contributed by atoms with E-state index in [2.05, 4.69) is 0 Å². The average molecular weight is 343 g/mol. The van der Waals surface area contributed by atoms with E-state index in [1.807, 2.05) is 6.92 Å². The molecule has 25 heavy (non-hydrogen) atoms. The van der Waals surface area contributed by atoms with Crippen molar-refractivity contribution < 1.29 is 24.0 Å². The minimum atomic E-state index is -0.613. The van der Waals surface area contributed by atoms with Crippen molar-refractivity contribution in [3.05, 3.63) is 64.2 Å². The maximum Gasteiger partial charge on any atom is 0.343 e. The highest BCUT2D eigenvalue weighted by Crippen LogP contribution is 2.19. The summed E-state index contributed by atoms with van der Waals surface area (Å²) in [4.78, 5) is 33.6. The van der Waals surface area contributed by atoms with Gasteiger partial charge >= 0.3 is 11.9 Å². The van der Waals surface area contributed by atoms with Crippen LogP contribution in [0.4, 0.5) is 5.69 Å². The van der Waals surface area contributed by atoms with Crippen molar-refractivity contribution in [2.45, 2.75) is 26.2 Å². The molecule has 0 radical (unpaired) electrons. The molecular formula is C18H17NO6. The third-order valence-corrected chi connectivity index (χ3v) is 3.31. The molecule has 0 spiro atoms. The van der Waals surface area contributed by atoms with Crippen molar-refractivity contribution >= 4 is 17.6 Å². The molecule has 0 unspecified atom stereocenters. The van der Waals surface area contributed by atoms with Gasteiger partial charge in [0.05, 0.1) is 10.5 Å². The van der Waals surface area contributed by atoms with E-state index in [9.17, 15) is 19.7 Å². The first kappa shape index (κ1) is 18.1. The highest BCUT2D eigenvalue weighted by Gasteiger charge is 2.11. The Labute approximate surface area is 144 Å². The number of carbonyl (C=O) groups excluding carboxylic acids is 2. The molecule has 0 saturated heterocycles. The van der Waals surface area contributed by atoms with Crippen LogP contribution in [0.15, 0.2) is 48.5 Å². The van der Waals surface area contributed by atoms with Crippen LogP contribution in [-0.4, -0.2) is 16.9 Å². The smallest absolute Gasteiger partial charge is 0.343 e. The Kier molecular flexibility index (Phi) is 6.22. The first-order valence-electron chi connectivity index (χ1n) is 7.77. The van der Waals surface area contributed by atoms with Crippen LogP contribution in [-0.2, 0) is 4.79 Å². The number of nitro benzene ring substituents is 1. The van der Waals surface area contributed by atoms with E-state index >= 15 is 0 Å². The van der Waals surface area contributed by atoms with Gasteiger partial charge in [-0.15, -0.1) is 0 Å². The fraction of sp³-hybridized carbons (Fsp3) is 0.222. The number of nitrogens with zero attached hydrogens (tertiary/aromatic N) is 1. The lowest BCUT2D eigenvalue weighted by Crippen LogP contribution is -2.10. The zero-order valence-electron chi connectivity index (χ0n) is 13.6. The van der Waals surface area contributed by atoms with Gasteiger partial charge in [-0.25, -0.2) is 4.79 Å². The maximum atomic E-state index is 12.0. The average Bonchev–Trinajstić information content (AvgIpc) is 2.61. The van der Waals surface area contributed by atoms with Gasteiger partial charge in [0.1, 0.15) is 11.5 Å². The second kappa shape index (κ2) is 8.58. The molecule has 7 heteroatoms. The Morgan fingerprint density at radius 2 is 1.52 bits per heavy atom. The van der Waals surface area contributed by atoms with Gasteiger partial charge in [-0.3, -0.25) is 14.9 Å². The standard InChI is InChI=1S/C18H17NO6/c1-2-3-4-17(20)24-15-9-5-13(6-10-15)18(21)25-16-11-7-14(8-12-16)19(22)23/h5-12H,2-4H2,1H3. The van der Waals surface area contributed by atoms with Gasteiger partial charge in [0.2, 0.25) is 0 Å². The highest BCUT2D eigenvalue weighted by molar-refractivity contribution is 5.91. The number of non-ortho nitro benzene ring substituents is 1. The number of unbranched alkanes of at least 4 members (excludes halogenated alkanes) is 1. The molecule has 0 bridgehead atoms. The summed E-state index contributed by atoms with van der Waals surface area (Å²) in [6.45, 7) is 1.98. The zero-order chi connectivity index (χ0) is 18.2. The number of nitro groups is 1. The Hall–Kier alpha value is -3.22. The molecule has 130 valence electrons. The molecule has 2 rings (SSSR count). The predicted octanol–water partition coefficient (Wildman–Crippen LogP) is 3.91. The number of esters is 2. The summed E-state index contributed by atoms with van der Waals surface area (Å²) in [5.41, 5.74) is 0.181. The second-order valence-electron chi connectivity index (χ2n) is 5.24. The van der Waals surface area contributed by atoms with E-state index < -0.39 is 10.9 Å². The van der Waals surface area contributed by atoms with Gasteiger partial charge in [0.25, 0.3) is 5.69 Å². The van der Waals surface area contributed by atoms with E-state index in [0.29, 0.717) is 12.2 Å². The molecule has 7 nitrogen and oxygen atoms in total. The van der Waals surface area contributed by atoms with Crippen molar-refractivity contribution in [3.63, 3.8) is 0 Å². The Balaban J connectivity index is 1.95. The van der Waals surface area contributed by atoms with Gasteiger partial charge < -0.3 is 9.47 Å². The third kappa shape index (κ3) is 5.42. The molecule has 0 aliphatic heterocycles. The quantitative estimate of drug-likeness (QED) is 0.327. The topological polar surface area (TPSA) is 95.7 Å². The summed E-state index contributed by atoms with van der Waals surface area (Å²) >= 11 is 0. The molecular weight excluding hydrogens is 326 g/mol. The molecule has 0 aliphatic carbocycles. The molecule has 0 aliphatic rings. The van der Waals surface area contributed by atoms with Gasteiger partial charge in [-0.05, 0) is 42.8 Å². The molecule has 2 aromatic rings. The van der Waals surface area contributed by atoms with Crippen molar-refractivity contribution in [2.24, 2.45) is 0 Å². The van der Waals surface area contributed by atoms with Crippen LogP contribution in [0.2, 0.25) is 0 Å². The molecule has 0 atom stereocenters. The summed E-state index contributed by atoms with van der Waals surface area (Å²) in [6, 6.07) is 11.2. The van der Waals surface area contributed by atoms with Crippen molar-refractivity contribution in [2.75, 3.05) is 0 Å². The molecule has 0 saturated carbocycles. The molecule has 0 N–H and O–H groups in total. The maximum absolute atomic E-state index is 12.0. The van der Waals surface area contributed by atoms with Crippen molar-refractivity contribution in [1.29, 1.82) is 0 Å². The fourth-order valence-corrected chi connectivity index (χ4v) is 1.96. The largest absolute Gasteiger partial charge is 0.427 e. The fourth-order valence-electron chi connectivity index (χ4n) is 1.96. The first-order valence-corrected chi connectivity index (χ1v) is 7.77. The first-order chi connectivity index (χ1) is 12.0. The Morgan fingerprint density at radius 1 is 0.960 bits per heavy atom. The lowest BCUT2D eigenvalue weighted by Gasteiger charge is -2.06. The molecule has 0 amide bonds. The van der Waals surface area contributed by atoms with Gasteiger partial charge in [0.15, 0.2) is 0 Å². The SMILES string of the molecule is CCCCC(=O)Oc1ccc(C(=O)Oc2ccc([N+](=O)[O-])cc2)cc1. The summed E-state index contributed by atoms with van der Waals surface area (Å²) in [7, 11) is 0. The Morgan fingerprint density at radius 3 is 2.08 bits per heavy atom. The predicted molar refractivity (Wildman–Crippen MR) is 89.7 cm³/mol. The number of carbonyl (C=O) groups is 2. The van der Waals surface area contributed by atoms with Gasteiger partial charge in [-0.2, -0.15) is 0 Å². The minimum Gasteiger partial charge on any atom is -0.427 e. The molecule has 0 heterocycles. The summed E-state index contributed by atoms with van der Waals surface area (Å²) in [5, 5.41) is 10.6. The van der Waals surface area contributed by atoms with Crippen LogP contribution >= 0.6 is 0 Å². The van der Waals surface area contributed by atoms with Crippen molar-refractivity contribution in [1.82, 2.24) is 0 Å².